The van der Waals surface area contributed by atoms with E-state index in [9.17, 15) is 9.59 Å². The predicted octanol–water partition coefficient (Wildman–Crippen LogP) is 2.76. The van der Waals surface area contributed by atoms with Crippen molar-refractivity contribution in [2.45, 2.75) is 20.8 Å². The summed E-state index contributed by atoms with van der Waals surface area (Å²) >= 11 is 0. The molecule has 0 aliphatic heterocycles. The second kappa shape index (κ2) is 12.1. The number of amides is 2. The van der Waals surface area contributed by atoms with Crippen molar-refractivity contribution in [3.05, 3.63) is 53.6 Å². The van der Waals surface area contributed by atoms with Crippen LogP contribution in [0.1, 0.15) is 36.7 Å². The summed E-state index contributed by atoms with van der Waals surface area (Å²) < 4.78 is 16.8. The molecule has 2 aromatic carbocycles. The SMILES string of the molecule is CCOc1cc(C(=O)NCC(=O)N/N=C/c2ccccc2)cc(OCC)c1OCC. The summed E-state index contributed by atoms with van der Waals surface area (Å²) in [6, 6.07) is 12.5. The number of ether oxygens (including phenoxy) is 3. The topological polar surface area (TPSA) is 98.2 Å². The van der Waals surface area contributed by atoms with Crippen LogP contribution in [0.25, 0.3) is 0 Å². The maximum absolute atomic E-state index is 12.5. The molecule has 2 rings (SSSR count). The summed E-state index contributed by atoms with van der Waals surface area (Å²) in [6.07, 6.45) is 1.52. The number of hydrogen-bond donors (Lipinski definition) is 2. The van der Waals surface area contributed by atoms with Gasteiger partial charge in [-0.1, -0.05) is 30.3 Å². The van der Waals surface area contributed by atoms with Crippen molar-refractivity contribution in [2.24, 2.45) is 5.10 Å². The van der Waals surface area contributed by atoms with Crippen LogP contribution < -0.4 is 25.0 Å². The quantitative estimate of drug-likeness (QED) is 0.436. The van der Waals surface area contributed by atoms with Crippen molar-refractivity contribution < 1.29 is 23.8 Å². The van der Waals surface area contributed by atoms with Gasteiger partial charge in [0.15, 0.2) is 11.5 Å². The predicted molar refractivity (Wildman–Crippen MR) is 114 cm³/mol. The van der Waals surface area contributed by atoms with Gasteiger partial charge in [0.05, 0.1) is 32.6 Å². The molecule has 0 saturated carbocycles. The first-order valence-corrected chi connectivity index (χ1v) is 9.80. The highest BCUT2D eigenvalue weighted by molar-refractivity contribution is 5.97. The van der Waals surface area contributed by atoms with Gasteiger partial charge in [-0.15, -0.1) is 0 Å². The van der Waals surface area contributed by atoms with Crippen molar-refractivity contribution in [1.29, 1.82) is 0 Å². The molecule has 0 atom stereocenters. The highest BCUT2D eigenvalue weighted by Crippen LogP contribution is 2.39. The lowest BCUT2D eigenvalue weighted by atomic mass is 10.1. The van der Waals surface area contributed by atoms with E-state index < -0.39 is 11.8 Å². The third kappa shape index (κ3) is 6.80. The van der Waals surface area contributed by atoms with Crippen molar-refractivity contribution in [1.82, 2.24) is 10.7 Å². The number of carbonyl (C=O) groups is 2. The maximum atomic E-state index is 12.5. The Bertz CT molecular complexity index is 841. The van der Waals surface area contributed by atoms with Gasteiger partial charge in [-0.05, 0) is 38.5 Å². The first kappa shape index (κ1) is 22.7. The van der Waals surface area contributed by atoms with Crippen molar-refractivity contribution >= 4 is 18.0 Å². The van der Waals surface area contributed by atoms with Crippen LogP contribution in [0.15, 0.2) is 47.6 Å². The molecule has 0 bridgehead atoms. The van der Waals surface area contributed by atoms with Crippen LogP contribution in [0, 0.1) is 0 Å². The standard InChI is InChI=1S/C22H27N3O5/c1-4-28-18-12-17(13-19(29-5-2)21(18)30-6-3)22(27)23-15-20(26)25-24-14-16-10-8-7-9-11-16/h7-14H,4-6,15H2,1-3H3,(H,23,27)(H,25,26)/b24-14+. The molecule has 0 aliphatic rings. The summed E-state index contributed by atoms with van der Waals surface area (Å²) in [4.78, 5) is 24.5. The zero-order chi connectivity index (χ0) is 21.8. The van der Waals surface area contributed by atoms with Crippen LogP contribution in [0.5, 0.6) is 17.2 Å². The first-order valence-electron chi connectivity index (χ1n) is 9.80. The molecule has 2 N–H and O–H groups in total. The third-order valence-corrected chi connectivity index (χ3v) is 3.78. The smallest absolute Gasteiger partial charge is 0.259 e. The van der Waals surface area contributed by atoms with E-state index in [0.29, 0.717) is 42.6 Å². The molecule has 0 radical (unpaired) electrons. The molecular formula is C22H27N3O5. The summed E-state index contributed by atoms with van der Waals surface area (Å²) in [5.41, 5.74) is 3.52. The minimum atomic E-state index is -0.448. The summed E-state index contributed by atoms with van der Waals surface area (Å²) in [5.74, 6) is 0.379. The number of nitrogens with zero attached hydrogens (tertiary/aromatic N) is 1. The maximum Gasteiger partial charge on any atom is 0.259 e. The normalized spacial score (nSPS) is 10.5. The van der Waals surface area contributed by atoms with Crippen molar-refractivity contribution in [3.8, 4) is 17.2 Å². The van der Waals surface area contributed by atoms with Gasteiger partial charge in [-0.3, -0.25) is 9.59 Å². The Morgan fingerprint density at radius 3 is 2.10 bits per heavy atom. The minimum absolute atomic E-state index is 0.230. The highest BCUT2D eigenvalue weighted by atomic mass is 16.5. The Balaban J connectivity index is 2.02. The third-order valence-electron chi connectivity index (χ3n) is 3.78. The minimum Gasteiger partial charge on any atom is -0.490 e. The Morgan fingerprint density at radius 1 is 0.933 bits per heavy atom. The van der Waals surface area contributed by atoms with E-state index in [-0.39, 0.29) is 6.54 Å². The van der Waals surface area contributed by atoms with E-state index >= 15 is 0 Å². The van der Waals surface area contributed by atoms with Gasteiger partial charge in [-0.2, -0.15) is 5.10 Å². The molecule has 0 aromatic heterocycles. The number of benzene rings is 2. The monoisotopic (exact) mass is 413 g/mol. The molecule has 8 heteroatoms. The van der Waals surface area contributed by atoms with Crippen LogP contribution in [-0.4, -0.2) is 44.4 Å². The van der Waals surface area contributed by atoms with Crippen LogP contribution in [-0.2, 0) is 4.79 Å². The van der Waals surface area contributed by atoms with Gasteiger partial charge in [0.2, 0.25) is 5.75 Å². The zero-order valence-electron chi connectivity index (χ0n) is 17.4. The fourth-order valence-corrected chi connectivity index (χ4v) is 2.54. The molecule has 0 aliphatic carbocycles. The fourth-order valence-electron chi connectivity index (χ4n) is 2.54. The average molecular weight is 413 g/mol. The Labute approximate surface area is 176 Å². The highest BCUT2D eigenvalue weighted by Gasteiger charge is 2.18. The first-order chi connectivity index (χ1) is 14.6. The Morgan fingerprint density at radius 2 is 1.53 bits per heavy atom. The number of nitrogens with one attached hydrogen (secondary N) is 2. The molecule has 2 amide bonds. The molecule has 30 heavy (non-hydrogen) atoms. The van der Waals surface area contributed by atoms with E-state index in [1.54, 1.807) is 12.1 Å². The number of hydrogen-bond acceptors (Lipinski definition) is 6. The van der Waals surface area contributed by atoms with Gasteiger partial charge in [0, 0.05) is 5.56 Å². The molecule has 160 valence electrons. The van der Waals surface area contributed by atoms with Crippen LogP contribution in [0.4, 0.5) is 0 Å². The van der Waals surface area contributed by atoms with Crippen molar-refractivity contribution in [3.63, 3.8) is 0 Å². The second-order valence-corrected chi connectivity index (χ2v) is 5.99. The lowest BCUT2D eigenvalue weighted by molar-refractivity contribution is -0.120. The van der Waals surface area contributed by atoms with E-state index in [2.05, 4.69) is 15.8 Å². The molecule has 0 unspecified atom stereocenters. The lowest BCUT2D eigenvalue weighted by Gasteiger charge is -2.17. The molecule has 0 spiro atoms. The van der Waals surface area contributed by atoms with E-state index in [4.69, 9.17) is 14.2 Å². The number of hydrazone groups is 1. The molecule has 0 saturated heterocycles. The van der Waals surface area contributed by atoms with E-state index in [1.165, 1.54) is 6.21 Å². The van der Waals surface area contributed by atoms with E-state index in [0.717, 1.165) is 5.56 Å². The van der Waals surface area contributed by atoms with Crippen LogP contribution in [0.2, 0.25) is 0 Å². The van der Waals surface area contributed by atoms with Crippen LogP contribution in [0.3, 0.4) is 0 Å². The number of rotatable bonds is 11. The Hall–Kier alpha value is -3.55. The molecule has 0 fully saturated rings. The Kier molecular flexibility index (Phi) is 9.18. The fraction of sp³-hybridized carbons (Fsp3) is 0.318. The van der Waals surface area contributed by atoms with Crippen LogP contribution >= 0.6 is 0 Å². The van der Waals surface area contributed by atoms with E-state index in [1.807, 2.05) is 51.1 Å². The second-order valence-electron chi connectivity index (χ2n) is 5.99. The number of carbonyl (C=O) groups excluding carboxylic acids is 2. The van der Waals surface area contributed by atoms with Crippen molar-refractivity contribution in [2.75, 3.05) is 26.4 Å². The van der Waals surface area contributed by atoms with Gasteiger partial charge >= 0.3 is 0 Å². The van der Waals surface area contributed by atoms with Gasteiger partial charge in [0.25, 0.3) is 11.8 Å². The summed E-state index contributed by atoms with van der Waals surface area (Å²) in [5, 5.41) is 6.43. The lowest BCUT2D eigenvalue weighted by Crippen LogP contribution is -2.35. The summed E-state index contributed by atoms with van der Waals surface area (Å²) in [7, 11) is 0. The summed E-state index contributed by atoms with van der Waals surface area (Å²) in [6.45, 7) is 6.52. The zero-order valence-corrected chi connectivity index (χ0v) is 17.4. The largest absolute Gasteiger partial charge is 0.490 e. The molecule has 8 nitrogen and oxygen atoms in total. The molecular weight excluding hydrogens is 386 g/mol. The molecule has 2 aromatic rings. The average Bonchev–Trinajstić information content (AvgIpc) is 2.75. The van der Waals surface area contributed by atoms with Gasteiger partial charge < -0.3 is 19.5 Å². The molecule has 0 heterocycles. The van der Waals surface area contributed by atoms with Gasteiger partial charge in [-0.25, -0.2) is 5.43 Å². The van der Waals surface area contributed by atoms with Gasteiger partial charge in [0.1, 0.15) is 0 Å².